The molecule has 3 N–H and O–H groups in total. The molecule has 7 nitrogen and oxygen atoms in total. The molecule has 19 heavy (non-hydrogen) atoms. The van der Waals surface area contributed by atoms with Gasteiger partial charge in [-0.05, 0) is 26.3 Å². The normalized spacial score (nSPS) is 23.1. The van der Waals surface area contributed by atoms with Crippen molar-refractivity contribution in [3.8, 4) is 0 Å². The van der Waals surface area contributed by atoms with Crippen LogP contribution < -0.4 is 10.6 Å². The number of carboxylic acid groups (broad SMARTS) is 1. The van der Waals surface area contributed by atoms with E-state index in [1.165, 1.54) is 0 Å². The Balaban J connectivity index is 2.46. The number of amides is 3. The summed E-state index contributed by atoms with van der Waals surface area (Å²) in [6, 6.07) is -0.522. The van der Waals surface area contributed by atoms with Crippen molar-refractivity contribution in [2.75, 3.05) is 26.2 Å². The van der Waals surface area contributed by atoms with E-state index in [9.17, 15) is 19.5 Å². The predicted molar refractivity (Wildman–Crippen MR) is 68.6 cm³/mol. The third kappa shape index (κ3) is 3.92. The molecule has 1 aliphatic rings. The Bertz CT molecular complexity index is 372. The predicted octanol–water partition coefficient (Wildman–Crippen LogP) is 0.0188. The van der Waals surface area contributed by atoms with Crippen LogP contribution in [0.1, 0.15) is 26.7 Å². The number of aliphatic carboxylic acids is 1. The van der Waals surface area contributed by atoms with E-state index in [0.29, 0.717) is 32.5 Å². The zero-order valence-corrected chi connectivity index (χ0v) is 11.4. The van der Waals surface area contributed by atoms with Gasteiger partial charge in [-0.15, -0.1) is 0 Å². The lowest BCUT2D eigenvalue weighted by atomic mass is 9.84. The van der Waals surface area contributed by atoms with Crippen LogP contribution in [0.2, 0.25) is 0 Å². The average Bonchev–Trinajstić information content (AvgIpc) is 2.73. The Labute approximate surface area is 112 Å². The van der Waals surface area contributed by atoms with Gasteiger partial charge in [0.05, 0.1) is 12.0 Å². The molecule has 0 bridgehead atoms. The minimum atomic E-state index is -0.818. The molecule has 1 heterocycles. The van der Waals surface area contributed by atoms with E-state index < -0.39 is 23.3 Å². The highest BCUT2D eigenvalue weighted by atomic mass is 16.4. The molecule has 1 unspecified atom stereocenters. The number of likely N-dealkylation sites (tertiary alicyclic amines) is 1. The number of hydrogen-bond donors (Lipinski definition) is 3. The summed E-state index contributed by atoms with van der Waals surface area (Å²) in [5.74, 6) is -1.23. The van der Waals surface area contributed by atoms with E-state index in [2.05, 4.69) is 10.6 Å². The Morgan fingerprint density at radius 3 is 2.47 bits per heavy atom. The van der Waals surface area contributed by atoms with Gasteiger partial charge in [-0.25, -0.2) is 4.79 Å². The first-order chi connectivity index (χ1) is 8.93. The van der Waals surface area contributed by atoms with Crippen LogP contribution in [0.25, 0.3) is 0 Å². The van der Waals surface area contributed by atoms with E-state index in [-0.39, 0.29) is 6.54 Å². The van der Waals surface area contributed by atoms with Crippen LogP contribution >= 0.6 is 0 Å². The molecule has 1 atom stereocenters. The van der Waals surface area contributed by atoms with Crippen LogP contribution in [0.15, 0.2) is 0 Å². The molecule has 0 spiro atoms. The Hall–Kier alpha value is -1.63. The number of nitrogens with one attached hydrogen (secondary N) is 2. The quantitative estimate of drug-likeness (QED) is 0.654. The van der Waals surface area contributed by atoms with Crippen molar-refractivity contribution in [3.05, 3.63) is 0 Å². The third-order valence-electron chi connectivity index (χ3n) is 3.52. The van der Waals surface area contributed by atoms with Crippen molar-refractivity contribution >= 4 is 17.9 Å². The van der Waals surface area contributed by atoms with Crippen molar-refractivity contribution < 1.29 is 19.5 Å². The van der Waals surface area contributed by atoms with Gasteiger partial charge in [-0.3, -0.25) is 19.8 Å². The molecule has 3 amide bonds. The van der Waals surface area contributed by atoms with E-state index in [1.54, 1.807) is 11.8 Å². The van der Waals surface area contributed by atoms with E-state index in [4.69, 9.17) is 0 Å². The minimum Gasteiger partial charge on any atom is -0.481 e. The molecule has 7 heteroatoms. The lowest BCUT2D eigenvalue weighted by Crippen LogP contribution is -2.44. The first kappa shape index (κ1) is 15.4. The molecule has 108 valence electrons. The third-order valence-corrected chi connectivity index (χ3v) is 3.52. The van der Waals surface area contributed by atoms with Gasteiger partial charge in [-0.2, -0.15) is 0 Å². The lowest BCUT2D eigenvalue weighted by molar-refractivity contribution is -0.148. The maximum absolute atomic E-state index is 11.6. The second kappa shape index (κ2) is 6.51. The van der Waals surface area contributed by atoms with E-state index in [0.717, 1.165) is 0 Å². The largest absolute Gasteiger partial charge is 0.481 e. The summed E-state index contributed by atoms with van der Waals surface area (Å²) in [4.78, 5) is 35.8. The number of urea groups is 1. The van der Waals surface area contributed by atoms with Gasteiger partial charge in [0.25, 0.3) is 0 Å². The highest BCUT2D eigenvalue weighted by Crippen LogP contribution is 2.33. The zero-order valence-electron chi connectivity index (χ0n) is 11.4. The fourth-order valence-corrected chi connectivity index (χ4v) is 2.28. The summed E-state index contributed by atoms with van der Waals surface area (Å²) in [6.45, 7) is 5.00. The topological polar surface area (TPSA) is 98.7 Å². The molecule has 1 saturated heterocycles. The number of carbonyl (C=O) groups excluding carboxylic acids is 2. The fraction of sp³-hybridized carbons (Fsp3) is 0.750. The number of carbonyl (C=O) groups is 3. The van der Waals surface area contributed by atoms with Crippen LogP contribution in [-0.4, -0.2) is 54.1 Å². The molecule has 0 aromatic rings. The van der Waals surface area contributed by atoms with Crippen LogP contribution in [0.4, 0.5) is 4.79 Å². The van der Waals surface area contributed by atoms with Crippen LogP contribution in [0, 0.1) is 5.41 Å². The number of nitrogens with zero attached hydrogens (tertiary/aromatic N) is 1. The summed E-state index contributed by atoms with van der Waals surface area (Å²) in [6.07, 6.45) is 1.07. The number of hydrogen-bond acceptors (Lipinski definition) is 4. The smallest absolute Gasteiger partial charge is 0.321 e. The lowest BCUT2D eigenvalue weighted by Gasteiger charge is -2.22. The Kier molecular flexibility index (Phi) is 5.29. The molecule has 0 aromatic heterocycles. The van der Waals surface area contributed by atoms with Gasteiger partial charge in [0.2, 0.25) is 5.91 Å². The van der Waals surface area contributed by atoms with Crippen molar-refractivity contribution in [1.29, 1.82) is 0 Å². The summed E-state index contributed by atoms with van der Waals surface area (Å²) in [5, 5.41) is 13.9. The summed E-state index contributed by atoms with van der Waals surface area (Å²) in [7, 11) is 0. The van der Waals surface area contributed by atoms with E-state index >= 15 is 0 Å². The Morgan fingerprint density at radius 2 is 2.00 bits per heavy atom. The SMILES string of the molecule is CCNC(=O)NC(=O)CN1CCC(CC)(C(=O)O)C1. The summed E-state index contributed by atoms with van der Waals surface area (Å²) in [5.41, 5.74) is -0.758. The second-order valence-electron chi connectivity index (χ2n) is 4.81. The van der Waals surface area contributed by atoms with Gasteiger partial charge in [0.1, 0.15) is 0 Å². The average molecular weight is 271 g/mol. The van der Waals surface area contributed by atoms with Crippen molar-refractivity contribution in [2.24, 2.45) is 5.41 Å². The molecular formula is C12H21N3O4. The van der Waals surface area contributed by atoms with Crippen LogP contribution in [0.3, 0.4) is 0 Å². The van der Waals surface area contributed by atoms with Crippen molar-refractivity contribution in [3.63, 3.8) is 0 Å². The summed E-state index contributed by atoms with van der Waals surface area (Å²) < 4.78 is 0. The molecule has 1 rings (SSSR count). The molecule has 0 aliphatic carbocycles. The van der Waals surface area contributed by atoms with Gasteiger partial charge in [0, 0.05) is 13.1 Å². The molecular weight excluding hydrogens is 250 g/mol. The molecule has 0 radical (unpaired) electrons. The summed E-state index contributed by atoms with van der Waals surface area (Å²) >= 11 is 0. The molecule has 1 aliphatic heterocycles. The van der Waals surface area contributed by atoms with Gasteiger partial charge in [0.15, 0.2) is 0 Å². The number of carboxylic acids is 1. The number of imide groups is 1. The molecule has 0 aromatic carbocycles. The van der Waals surface area contributed by atoms with Crippen molar-refractivity contribution in [1.82, 2.24) is 15.5 Å². The Morgan fingerprint density at radius 1 is 1.32 bits per heavy atom. The molecule has 1 fully saturated rings. The van der Waals surface area contributed by atoms with Gasteiger partial charge >= 0.3 is 12.0 Å². The van der Waals surface area contributed by atoms with Crippen LogP contribution in [-0.2, 0) is 9.59 Å². The highest BCUT2D eigenvalue weighted by molar-refractivity contribution is 5.95. The monoisotopic (exact) mass is 271 g/mol. The van der Waals surface area contributed by atoms with Crippen LogP contribution in [0.5, 0.6) is 0 Å². The maximum atomic E-state index is 11.6. The highest BCUT2D eigenvalue weighted by Gasteiger charge is 2.43. The van der Waals surface area contributed by atoms with E-state index in [1.807, 2.05) is 6.92 Å². The standard InChI is InChI=1S/C12H21N3O4/c1-3-12(10(17)18)5-6-15(8-12)7-9(16)14-11(19)13-4-2/h3-8H2,1-2H3,(H,17,18)(H2,13,14,16,19). The second-order valence-corrected chi connectivity index (χ2v) is 4.81. The first-order valence-electron chi connectivity index (χ1n) is 6.47. The van der Waals surface area contributed by atoms with Crippen molar-refractivity contribution in [2.45, 2.75) is 26.7 Å². The molecule has 0 saturated carbocycles. The van der Waals surface area contributed by atoms with Gasteiger partial charge < -0.3 is 10.4 Å². The maximum Gasteiger partial charge on any atom is 0.321 e. The first-order valence-corrected chi connectivity index (χ1v) is 6.47. The minimum absolute atomic E-state index is 0.0478. The zero-order chi connectivity index (χ0) is 14.5. The van der Waals surface area contributed by atoms with Gasteiger partial charge in [-0.1, -0.05) is 6.92 Å². The number of rotatable bonds is 5. The fourth-order valence-electron chi connectivity index (χ4n) is 2.28.